The minimum Gasteiger partial charge on any atom is -0.466 e. The largest absolute Gasteiger partial charge is 0.466 e. The van der Waals surface area contributed by atoms with Gasteiger partial charge in [0.1, 0.15) is 0 Å². The molecule has 2 aromatic rings. The monoisotopic (exact) mass is 369 g/mol. The fraction of sp³-hybridized carbons (Fsp3) is 0.435. The molecular weight excluding hydrogens is 338 g/mol. The lowest BCUT2D eigenvalue weighted by molar-refractivity contribution is -0.156. The highest BCUT2D eigenvalue weighted by Crippen LogP contribution is 2.30. The van der Waals surface area contributed by atoms with E-state index in [1.54, 1.807) is 7.11 Å². The number of carbonyl (C=O) groups excluding carboxylic acids is 1. The zero-order valence-electron chi connectivity index (χ0n) is 16.6. The molecule has 0 fully saturated rings. The van der Waals surface area contributed by atoms with Crippen LogP contribution in [0.25, 0.3) is 11.1 Å². The van der Waals surface area contributed by atoms with Crippen molar-refractivity contribution >= 4 is 5.97 Å². The Morgan fingerprint density at radius 1 is 1.07 bits per heavy atom. The van der Waals surface area contributed by atoms with Crippen LogP contribution in [0.2, 0.25) is 0 Å². The van der Waals surface area contributed by atoms with E-state index in [1.807, 2.05) is 32.0 Å². The van der Waals surface area contributed by atoms with Gasteiger partial charge in [0.25, 0.3) is 0 Å². The van der Waals surface area contributed by atoms with Gasteiger partial charge in [-0.05, 0) is 49.8 Å². The van der Waals surface area contributed by atoms with Gasteiger partial charge in [0.2, 0.25) is 0 Å². The summed E-state index contributed by atoms with van der Waals surface area (Å²) in [5.41, 5.74) is 9.32. The van der Waals surface area contributed by atoms with Gasteiger partial charge >= 0.3 is 5.97 Å². The number of ether oxygens (including phenoxy) is 2. The van der Waals surface area contributed by atoms with Gasteiger partial charge in [-0.1, -0.05) is 54.6 Å². The van der Waals surface area contributed by atoms with Gasteiger partial charge in [0.15, 0.2) is 0 Å². The van der Waals surface area contributed by atoms with Crippen molar-refractivity contribution in [1.29, 1.82) is 0 Å². The second-order valence-electron chi connectivity index (χ2n) is 7.26. The normalized spacial score (nSPS) is 14.4. The van der Waals surface area contributed by atoms with Crippen LogP contribution in [-0.4, -0.2) is 32.3 Å². The van der Waals surface area contributed by atoms with Crippen molar-refractivity contribution in [3.8, 4) is 11.1 Å². The summed E-state index contributed by atoms with van der Waals surface area (Å²) in [5.74, 6) is -0.197. The Hall–Kier alpha value is -2.17. The average Bonchev–Trinajstić information content (AvgIpc) is 2.68. The number of carbonyl (C=O) groups is 1. The molecule has 2 rings (SSSR count). The standard InChI is InChI=1S/C23H31NO3/c1-4-27-22(25)23(2,14-15-26-3)17-21(24)16-18-10-12-20(13-11-18)19-8-6-5-7-9-19/h5-13,21H,4,14-17,24H2,1-3H3/t21-,23?/m1/s1. The molecule has 2 atom stereocenters. The lowest BCUT2D eigenvalue weighted by Crippen LogP contribution is -2.38. The summed E-state index contributed by atoms with van der Waals surface area (Å²) in [6, 6.07) is 18.6. The molecule has 4 heteroatoms. The van der Waals surface area contributed by atoms with E-state index in [0.29, 0.717) is 26.1 Å². The minimum absolute atomic E-state index is 0.126. The van der Waals surface area contributed by atoms with Crippen LogP contribution in [0.15, 0.2) is 54.6 Å². The summed E-state index contributed by atoms with van der Waals surface area (Å²) >= 11 is 0. The van der Waals surface area contributed by atoms with Crippen LogP contribution in [0.4, 0.5) is 0 Å². The van der Waals surface area contributed by atoms with Crippen LogP contribution in [-0.2, 0) is 20.7 Å². The van der Waals surface area contributed by atoms with Crippen molar-refractivity contribution in [3.05, 3.63) is 60.2 Å². The van der Waals surface area contributed by atoms with E-state index in [4.69, 9.17) is 15.2 Å². The van der Waals surface area contributed by atoms with Crippen LogP contribution in [0.1, 0.15) is 32.3 Å². The molecule has 0 aliphatic rings. The second-order valence-corrected chi connectivity index (χ2v) is 7.26. The topological polar surface area (TPSA) is 61.5 Å². The van der Waals surface area contributed by atoms with Gasteiger partial charge in [-0.25, -0.2) is 0 Å². The molecule has 0 heterocycles. The Bertz CT molecular complexity index is 699. The van der Waals surface area contributed by atoms with E-state index in [-0.39, 0.29) is 12.0 Å². The molecule has 0 aromatic heterocycles. The number of methoxy groups -OCH3 is 1. The third kappa shape index (κ3) is 6.19. The summed E-state index contributed by atoms with van der Waals surface area (Å²) in [7, 11) is 1.64. The molecule has 0 saturated carbocycles. The third-order valence-electron chi connectivity index (χ3n) is 4.90. The van der Waals surface area contributed by atoms with Crippen molar-refractivity contribution in [1.82, 2.24) is 0 Å². The van der Waals surface area contributed by atoms with Gasteiger partial charge in [0, 0.05) is 19.8 Å². The van der Waals surface area contributed by atoms with Crippen molar-refractivity contribution in [2.24, 2.45) is 11.1 Å². The average molecular weight is 370 g/mol. The number of esters is 1. The number of benzene rings is 2. The van der Waals surface area contributed by atoms with Crippen LogP contribution in [0.5, 0.6) is 0 Å². The zero-order valence-corrected chi connectivity index (χ0v) is 16.6. The highest BCUT2D eigenvalue weighted by molar-refractivity contribution is 5.76. The maximum atomic E-state index is 12.4. The first kappa shape index (κ1) is 21.1. The summed E-state index contributed by atoms with van der Waals surface area (Å²) in [4.78, 5) is 12.4. The second kappa shape index (κ2) is 10.2. The molecule has 146 valence electrons. The molecule has 0 spiro atoms. The first-order valence-electron chi connectivity index (χ1n) is 9.54. The molecule has 1 unspecified atom stereocenters. The van der Waals surface area contributed by atoms with E-state index in [0.717, 1.165) is 6.42 Å². The maximum absolute atomic E-state index is 12.4. The molecule has 2 aromatic carbocycles. The van der Waals surface area contributed by atoms with Crippen LogP contribution >= 0.6 is 0 Å². The van der Waals surface area contributed by atoms with Crippen molar-refractivity contribution in [3.63, 3.8) is 0 Å². The molecule has 0 bridgehead atoms. The van der Waals surface area contributed by atoms with E-state index in [1.165, 1.54) is 16.7 Å². The Labute approximate surface area is 162 Å². The Morgan fingerprint density at radius 2 is 1.70 bits per heavy atom. The lowest BCUT2D eigenvalue weighted by atomic mass is 9.79. The maximum Gasteiger partial charge on any atom is 0.311 e. The molecule has 27 heavy (non-hydrogen) atoms. The van der Waals surface area contributed by atoms with E-state index in [2.05, 4.69) is 36.4 Å². The molecular formula is C23H31NO3. The highest BCUT2D eigenvalue weighted by atomic mass is 16.5. The number of nitrogens with two attached hydrogens (primary N) is 1. The smallest absolute Gasteiger partial charge is 0.311 e. The summed E-state index contributed by atoms with van der Waals surface area (Å²) in [6.45, 7) is 4.62. The predicted octanol–water partition coefficient (Wildman–Crippen LogP) is 4.22. The summed E-state index contributed by atoms with van der Waals surface area (Å²) in [5, 5.41) is 0. The Balaban J connectivity index is 2.02. The molecule has 2 N–H and O–H groups in total. The molecule has 0 saturated heterocycles. The van der Waals surface area contributed by atoms with E-state index < -0.39 is 5.41 Å². The number of hydrogen-bond acceptors (Lipinski definition) is 4. The van der Waals surface area contributed by atoms with Crippen LogP contribution < -0.4 is 5.73 Å². The third-order valence-corrected chi connectivity index (χ3v) is 4.90. The first-order chi connectivity index (χ1) is 13.0. The van der Waals surface area contributed by atoms with Crippen molar-refractivity contribution in [2.75, 3.05) is 20.3 Å². The number of hydrogen-bond donors (Lipinski definition) is 1. The lowest BCUT2D eigenvalue weighted by Gasteiger charge is -2.29. The Morgan fingerprint density at radius 3 is 2.30 bits per heavy atom. The van der Waals surface area contributed by atoms with Crippen LogP contribution in [0, 0.1) is 5.41 Å². The molecule has 0 amide bonds. The number of rotatable bonds is 10. The van der Waals surface area contributed by atoms with E-state index >= 15 is 0 Å². The molecule has 0 aliphatic heterocycles. The van der Waals surface area contributed by atoms with Gasteiger partial charge in [0.05, 0.1) is 12.0 Å². The first-order valence-corrected chi connectivity index (χ1v) is 9.54. The molecule has 4 nitrogen and oxygen atoms in total. The fourth-order valence-electron chi connectivity index (χ4n) is 3.34. The van der Waals surface area contributed by atoms with Crippen LogP contribution in [0.3, 0.4) is 0 Å². The minimum atomic E-state index is -0.630. The highest BCUT2D eigenvalue weighted by Gasteiger charge is 2.36. The Kier molecular flexibility index (Phi) is 8.01. The SMILES string of the molecule is CCOC(=O)C(C)(CCOC)C[C@H](N)Cc1ccc(-c2ccccc2)cc1. The fourth-order valence-corrected chi connectivity index (χ4v) is 3.34. The van der Waals surface area contributed by atoms with E-state index in [9.17, 15) is 4.79 Å². The van der Waals surface area contributed by atoms with Gasteiger partial charge in [-0.2, -0.15) is 0 Å². The van der Waals surface area contributed by atoms with Crippen molar-refractivity contribution in [2.45, 2.75) is 39.2 Å². The van der Waals surface area contributed by atoms with Gasteiger partial charge in [-0.15, -0.1) is 0 Å². The van der Waals surface area contributed by atoms with Gasteiger partial charge < -0.3 is 15.2 Å². The predicted molar refractivity (Wildman–Crippen MR) is 109 cm³/mol. The zero-order chi connectivity index (χ0) is 19.7. The van der Waals surface area contributed by atoms with Gasteiger partial charge in [-0.3, -0.25) is 4.79 Å². The quantitative estimate of drug-likeness (QED) is 0.637. The van der Waals surface area contributed by atoms with Crippen molar-refractivity contribution < 1.29 is 14.3 Å². The molecule has 0 radical (unpaired) electrons. The summed E-state index contributed by atoms with van der Waals surface area (Å²) in [6.07, 6.45) is 1.88. The summed E-state index contributed by atoms with van der Waals surface area (Å²) < 4.78 is 10.4. The molecule has 0 aliphatic carbocycles.